The van der Waals surface area contributed by atoms with Crippen LogP contribution in [0, 0.1) is 24.0 Å². The maximum Gasteiger partial charge on any atom is 0.339 e. The molecule has 1 aromatic carbocycles. The molecule has 104 valence electrons. The van der Waals surface area contributed by atoms with E-state index in [0.717, 1.165) is 0 Å². The molecule has 20 heavy (non-hydrogen) atoms. The van der Waals surface area contributed by atoms with E-state index in [1.807, 2.05) is 0 Å². The summed E-state index contributed by atoms with van der Waals surface area (Å²) in [4.78, 5) is 21.8. The molecule has 0 bridgehead atoms. The van der Waals surface area contributed by atoms with Crippen molar-refractivity contribution in [1.29, 1.82) is 0 Å². The molecule has 0 aliphatic carbocycles. The molecule has 2 rings (SSSR count). The molecule has 1 aromatic heterocycles. The highest BCUT2D eigenvalue weighted by Crippen LogP contribution is 2.29. The lowest BCUT2D eigenvalue weighted by Gasteiger charge is -2.09. The highest BCUT2D eigenvalue weighted by Gasteiger charge is 2.25. The number of carbonyl (C=O) groups is 1. The number of hydrogen-bond donors (Lipinski definition) is 1. The Hall–Kier alpha value is -2.22. The molecule has 0 fully saturated rings. The van der Waals surface area contributed by atoms with Gasteiger partial charge in [0, 0.05) is 4.47 Å². The van der Waals surface area contributed by atoms with Gasteiger partial charge in [-0.2, -0.15) is 5.10 Å². The minimum absolute atomic E-state index is 0.00741. The first-order chi connectivity index (χ1) is 9.34. The fourth-order valence-corrected chi connectivity index (χ4v) is 2.56. The highest BCUT2D eigenvalue weighted by atomic mass is 79.9. The summed E-state index contributed by atoms with van der Waals surface area (Å²) in [5.74, 6) is -1.14. The summed E-state index contributed by atoms with van der Waals surface area (Å²) in [6.07, 6.45) is 0. The van der Waals surface area contributed by atoms with Gasteiger partial charge < -0.3 is 5.11 Å². The second-order valence-electron chi connectivity index (χ2n) is 4.13. The molecule has 1 heterocycles. The third-order valence-corrected chi connectivity index (χ3v) is 3.53. The van der Waals surface area contributed by atoms with Crippen LogP contribution in [0.4, 0.5) is 5.69 Å². The smallest absolute Gasteiger partial charge is 0.339 e. The highest BCUT2D eigenvalue weighted by molar-refractivity contribution is 9.10. The molecule has 0 saturated carbocycles. The summed E-state index contributed by atoms with van der Waals surface area (Å²) >= 11 is 3.17. The second kappa shape index (κ2) is 5.04. The van der Waals surface area contributed by atoms with Crippen LogP contribution in [0.3, 0.4) is 0 Å². The van der Waals surface area contributed by atoms with Crippen LogP contribution in [0.15, 0.2) is 22.7 Å². The Bertz CT molecular complexity index is 724. The van der Waals surface area contributed by atoms with Crippen LogP contribution < -0.4 is 0 Å². The number of halogens is 1. The summed E-state index contributed by atoms with van der Waals surface area (Å²) in [6.45, 7) is 3.05. The van der Waals surface area contributed by atoms with Gasteiger partial charge in [0.25, 0.3) is 0 Å². The first-order valence-electron chi connectivity index (χ1n) is 5.57. The second-order valence-corrected chi connectivity index (χ2v) is 4.98. The van der Waals surface area contributed by atoms with E-state index in [1.165, 1.54) is 18.5 Å². The van der Waals surface area contributed by atoms with E-state index in [-0.39, 0.29) is 28.3 Å². The van der Waals surface area contributed by atoms with Crippen LogP contribution in [0.2, 0.25) is 0 Å². The molecule has 0 atom stereocenters. The SMILES string of the molecule is Cc1nn(-c2cccc(Br)c2C(=O)O)c(C)c1[N+](=O)[O-]. The number of nitro groups is 1. The molecule has 7 nitrogen and oxygen atoms in total. The number of carboxylic acids is 1. The van der Waals surface area contributed by atoms with E-state index in [1.54, 1.807) is 18.2 Å². The molecule has 0 saturated heterocycles. The fourth-order valence-electron chi connectivity index (χ4n) is 2.03. The molecule has 8 heteroatoms. The van der Waals surface area contributed by atoms with Crippen molar-refractivity contribution in [3.05, 3.63) is 49.7 Å². The van der Waals surface area contributed by atoms with Crippen molar-refractivity contribution in [3.8, 4) is 5.69 Å². The monoisotopic (exact) mass is 339 g/mol. The van der Waals surface area contributed by atoms with Gasteiger partial charge in [0.15, 0.2) is 0 Å². The first-order valence-corrected chi connectivity index (χ1v) is 6.36. The Balaban J connectivity index is 2.77. The lowest BCUT2D eigenvalue weighted by atomic mass is 10.2. The predicted octanol–water partition coefficient (Wildman–Crippen LogP) is 2.86. The summed E-state index contributed by atoms with van der Waals surface area (Å²) in [6, 6.07) is 4.79. The Morgan fingerprint density at radius 3 is 2.60 bits per heavy atom. The molecule has 0 aliphatic heterocycles. The molecule has 0 aliphatic rings. The fraction of sp³-hybridized carbons (Fsp3) is 0.167. The number of aromatic carboxylic acids is 1. The van der Waals surface area contributed by atoms with Gasteiger partial charge in [-0.3, -0.25) is 10.1 Å². The van der Waals surface area contributed by atoms with Crippen LogP contribution in [0.25, 0.3) is 5.69 Å². The van der Waals surface area contributed by atoms with E-state index in [9.17, 15) is 20.0 Å². The maximum atomic E-state index is 11.3. The Labute approximate surface area is 122 Å². The normalized spacial score (nSPS) is 10.6. The van der Waals surface area contributed by atoms with Gasteiger partial charge in [-0.15, -0.1) is 0 Å². The van der Waals surface area contributed by atoms with Crippen molar-refractivity contribution >= 4 is 27.6 Å². The summed E-state index contributed by atoms with van der Waals surface area (Å²) in [5.41, 5.74) is 0.701. The van der Waals surface area contributed by atoms with E-state index in [2.05, 4.69) is 21.0 Å². The molecule has 1 N–H and O–H groups in total. The first kappa shape index (κ1) is 14.2. The number of nitrogens with zero attached hydrogens (tertiary/aromatic N) is 3. The van der Waals surface area contributed by atoms with Gasteiger partial charge in [-0.1, -0.05) is 6.07 Å². The van der Waals surface area contributed by atoms with Crippen LogP contribution >= 0.6 is 15.9 Å². The molecule has 0 radical (unpaired) electrons. The largest absolute Gasteiger partial charge is 0.478 e. The van der Waals surface area contributed by atoms with Gasteiger partial charge in [0.2, 0.25) is 0 Å². The third kappa shape index (κ3) is 2.18. The van der Waals surface area contributed by atoms with E-state index < -0.39 is 10.9 Å². The molecular weight excluding hydrogens is 330 g/mol. The zero-order valence-corrected chi connectivity index (χ0v) is 12.2. The number of aromatic nitrogens is 2. The van der Waals surface area contributed by atoms with Crippen molar-refractivity contribution in [2.75, 3.05) is 0 Å². The average molecular weight is 340 g/mol. The van der Waals surface area contributed by atoms with Crippen LogP contribution in [-0.2, 0) is 0 Å². The average Bonchev–Trinajstić information content (AvgIpc) is 2.63. The Morgan fingerprint density at radius 2 is 2.10 bits per heavy atom. The molecule has 0 unspecified atom stereocenters. The van der Waals surface area contributed by atoms with Gasteiger partial charge >= 0.3 is 11.7 Å². The van der Waals surface area contributed by atoms with Crippen molar-refractivity contribution < 1.29 is 14.8 Å². The van der Waals surface area contributed by atoms with Crippen molar-refractivity contribution in [1.82, 2.24) is 9.78 Å². The quantitative estimate of drug-likeness (QED) is 0.684. The zero-order valence-electron chi connectivity index (χ0n) is 10.6. The number of benzene rings is 1. The predicted molar refractivity (Wildman–Crippen MR) is 74.4 cm³/mol. The van der Waals surface area contributed by atoms with Crippen molar-refractivity contribution in [3.63, 3.8) is 0 Å². The lowest BCUT2D eigenvalue weighted by Crippen LogP contribution is -2.09. The molecule has 0 spiro atoms. The Kier molecular flexibility index (Phi) is 3.58. The number of rotatable bonds is 3. The van der Waals surface area contributed by atoms with Crippen LogP contribution in [0.5, 0.6) is 0 Å². The minimum Gasteiger partial charge on any atom is -0.478 e. The van der Waals surface area contributed by atoms with Crippen molar-refractivity contribution in [2.24, 2.45) is 0 Å². The Morgan fingerprint density at radius 1 is 1.45 bits per heavy atom. The molecule has 0 amide bonds. The van der Waals surface area contributed by atoms with E-state index in [4.69, 9.17) is 0 Å². The number of hydrogen-bond acceptors (Lipinski definition) is 4. The summed E-state index contributed by atoms with van der Waals surface area (Å²) in [7, 11) is 0. The van der Waals surface area contributed by atoms with E-state index >= 15 is 0 Å². The van der Waals surface area contributed by atoms with Crippen LogP contribution in [-0.4, -0.2) is 25.8 Å². The van der Waals surface area contributed by atoms with Gasteiger partial charge in [-0.05, 0) is 41.9 Å². The summed E-state index contributed by atoms with van der Waals surface area (Å²) < 4.78 is 1.67. The maximum absolute atomic E-state index is 11.3. The van der Waals surface area contributed by atoms with E-state index in [0.29, 0.717) is 4.47 Å². The van der Waals surface area contributed by atoms with Crippen LogP contribution in [0.1, 0.15) is 21.7 Å². The third-order valence-electron chi connectivity index (χ3n) is 2.87. The summed E-state index contributed by atoms with van der Waals surface area (Å²) in [5, 5.41) is 24.4. The lowest BCUT2D eigenvalue weighted by molar-refractivity contribution is -0.386. The number of aryl methyl sites for hydroxylation is 1. The topological polar surface area (TPSA) is 98.3 Å². The van der Waals surface area contributed by atoms with Gasteiger partial charge in [0.05, 0.1) is 16.2 Å². The van der Waals surface area contributed by atoms with Gasteiger partial charge in [0.1, 0.15) is 11.4 Å². The molecule has 2 aromatic rings. The van der Waals surface area contributed by atoms with Gasteiger partial charge in [-0.25, -0.2) is 9.48 Å². The number of carboxylic acid groups (broad SMARTS) is 1. The zero-order chi connectivity index (χ0) is 15.0. The van der Waals surface area contributed by atoms with Crippen molar-refractivity contribution in [2.45, 2.75) is 13.8 Å². The minimum atomic E-state index is -1.14. The standard InChI is InChI=1S/C12H10BrN3O4/c1-6-11(16(19)20)7(2)15(14-6)9-5-3-4-8(13)10(9)12(17)18/h3-5H,1-2H3,(H,17,18). The molecular formula is C12H10BrN3O4.